The largest absolute Gasteiger partial charge is 0.507 e. The zero-order chi connectivity index (χ0) is 19.5. The summed E-state index contributed by atoms with van der Waals surface area (Å²) >= 11 is 0. The number of nitrogen functional groups attached to an aromatic ring is 1. The number of morpholine rings is 1. The smallest absolute Gasteiger partial charge is 0.169 e. The van der Waals surface area contributed by atoms with Crippen LogP contribution in [0.2, 0.25) is 0 Å². The molecule has 2 saturated heterocycles. The van der Waals surface area contributed by atoms with Gasteiger partial charge in [-0.25, -0.2) is 0 Å². The van der Waals surface area contributed by atoms with E-state index in [1.807, 2.05) is 18.2 Å². The Hall–Kier alpha value is -2.38. The minimum atomic E-state index is 0.200. The van der Waals surface area contributed by atoms with Crippen LogP contribution in [-0.4, -0.2) is 65.6 Å². The number of benzene rings is 1. The third-order valence-electron chi connectivity index (χ3n) is 6.17. The molecule has 1 unspecified atom stereocenters. The molecule has 3 heterocycles. The maximum absolute atomic E-state index is 10.1. The Morgan fingerprint density at radius 2 is 1.82 bits per heavy atom. The van der Waals surface area contributed by atoms with E-state index >= 15 is 0 Å². The van der Waals surface area contributed by atoms with Crippen molar-refractivity contribution in [3.05, 3.63) is 30.3 Å². The van der Waals surface area contributed by atoms with Crippen molar-refractivity contribution in [3.63, 3.8) is 0 Å². The van der Waals surface area contributed by atoms with E-state index in [0.717, 1.165) is 57.9 Å². The molecule has 7 nitrogen and oxygen atoms in total. The van der Waals surface area contributed by atoms with Gasteiger partial charge in [-0.15, -0.1) is 10.2 Å². The number of anilines is 2. The van der Waals surface area contributed by atoms with Crippen LogP contribution < -0.4 is 10.6 Å². The monoisotopic (exact) mass is 383 g/mol. The first-order valence-electron chi connectivity index (χ1n) is 10.1. The van der Waals surface area contributed by atoms with Crippen LogP contribution in [0, 0.1) is 5.92 Å². The fraction of sp³-hybridized carbons (Fsp3) is 0.524. The number of aromatic hydroxyl groups is 1. The predicted molar refractivity (Wildman–Crippen MR) is 110 cm³/mol. The number of hydrogen-bond donors (Lipinski definition) is 2. The number of nitrogens with two attached hydrogens (primary N) is 1. The molecule has 150 valence electrons. The lowest BCUT2D eigenvalue weighted by Crippen LogP contribution is -2.48. The number of rotatable bonds is 4. The first kappa shape index (κ1) is 19.0. The molecular weight excluding hydrogens is 354 g/mol. The van der Waals surface area contributed by atoms with Crippen molar-refractivity contribution in [3.8, 4) is 17.0 Å². The van der Waals surface area contributed by atoms with Gasteiger partial charge in [0.05, 0.1) is 24.6 Å². The number of ether oxygens (including phenoxy) is 1. The second-order valence-electron chi connectivity index (χ2n) is 7.73. The molecule has 1 atom stereocenters. The van der Waals surface area contributed by atoms with E-state index in [0.29, 0.717) is 29.0 Å². The summed E-state index contributed by atoms with van der Waals surface area (Å²) in [4.78, 5) is 4.86. The lowest BCUT2D eigenvalue weighted by Gasteiger charge is -2.41. The van der Waals surface area contributed by atoms with Gasteiger partial charge < -0.3 is 20.5 Å². The van der Waals surface area contributed by atoms with Gasteiger partial charge in [-0.05, 0) is 43.9 Å². The van der Waals surface area contributed by atoms with E-state index in [2.05, 4.69) is 26.9 Å². The van der Waals surface area contributed by atoms with E-state index in [1.54, 1.807) is 12.1 Å². The third kappa shape index (κ3) is 3.91. The van der Waals surface area contributed by atoms with Gasteiger partial charge >= 0.3 is 0 Å². The average Bonchev–Trinajstić information content (AvgIpc) is 2.75. The molecule has 2 aromatic rings. The molecule has 2 aliphatic heterocycles. The summed E-state index contributed by atoms with van der Waals surface area (Å²) in [5, 5.41) is 18.5. The van der Waals surface area contributed by atoms with Gasteiger partial charge in [-0.3, -0.25) is 4.90 Å². The molecule has 2 fully saturated rings. The van der Waals surface area contributed by atoms with Crippen LogP contribution in [0.15, 0.2) is 30.3 Å². The molecule has 0 aliphatic carbocycles. The standard InChI is InChI=1S/C21H29N5O2/c1-15(25-10-12-28-13-11-25)16-6-8-26(9-7-16)19-14-18(23-24-21(19)22)17-4-2-3-5-20(17)27/h2-5,14-16,27H,6-13H2,1H3,(H2,22,24). The number of para-hydroxylation sites is 1. The number of aromatic nitrogens is 2. The molecule has 0 bridgehead atoms. The first-order valence-corrected chi connectivity index (χ1v) is 10.1. The Balaban J connectivity index is 1.46. The van der Waals surface area contributed by atoms with Gasteiger partial charge in [0.1, 0.15) is 5.75 Å². The van der Waals surface area contributed by atoms with Crippen LogP contribution in [-0.2, 0) is 4.74 Å². The molecule has 0 amide bonds. The van der Waals surface area contributed by atoms with Gasteiger partial charge in [0, 0.05) is 37.8 Å². The van der Waals surface area contributed by atoms with Crippen molar-refractivity contribution in [2.24, 2.45) is 5.92 Å². The summed E-state index contributed by atoms with van der Waals surface area (Å²) in [7, 11) is 0. The molecule has 0 spiro atoms. The molecular formula is C21H29N5O2. The summed E-state index contributed by atoms with van der Waals surface area (Å²) in [6.45, 7) is 8.02. The molecule has 1 aromatic heterocycles. The average molecular weight is 383 g/mol. The molecule has 0 radical (unpaired) electrons. The van der Waals surface area contributed by atoms with Crippen molar-refractivity contribution in [1.29, 1.82) is 0 Å². The van der Waals surface area contributed by atoms with Crippen LogP contribution in [0.1, 0.15) is 19.8 Å². The number of phenolic OH excluding ortho intramolecular Hbond substituents is 1. The van der Waals surface area contributed by atoms with Gasteiger partial charge in [0.2, 0.25) is 0 Å². The molecule has 28 heavy (non-hydrogen) atoms. The maximum Gasteiger partial charge on any atom is 0.169 e. The lowest BCUT2D eigenvalue weighted by atomic mass is 9.89. The molecule has 3 N–H and O–H groups in total. The van der Waals surface area contributed by atoms with E-state index in [9.17, 15) is 5.11 Å². The minimum absolute atomic E-state index is 0.200. The predicted octanol–water partition coefficient (Wildman–Crippen LogP) is 2.37. The lowest BCUT2D eigenvalue weighted by molar-refractivity contribution is 0.00449. The Morgan fingerprint density at radius 1 is 1.11 bits per heavy atom. The van der Waals surface area contributed by atoms with Crippen molar-refractivity contribution in [2.45, 2.75) is 25.8 Å². The topological polar surface area (TPSA) is 87.7 Å². The summed E-state index contributed by atoms with van der Waals surface area (Å²) in [6, 6.07) is 9.70. The van der Waals surface area contributed by atoms with Crippen LogP contribution in [0.3, 0.4) is 0 Å². The Morgan fingerprint density at radius 3 is 2.54 bits per heavy atom. The Kier molecular flexibility index (Phi) is 5.64. The highest BCUT2D eigenvalue weighted by molar-refractivity contribution is 5.74. The fourth-order valence-electron chi connectivity index (χ4n) is 4.37. The summed E-state index contributed by atoms with van der Waals surface area (Å²) < 4.78 is 5.49. The Labute approximate surface area is 166 Å². The van der Waals surface area contributed by atoms with Gasteiger partial charge in [-0.1, -0.05) is 12.1 Å². The van der Waals surface area contributed by atoms with Gasteiger partial charge in [0.25, 0.3) is 0 Å². The number of phenols is 1. The highest BCUT2D eigenvalue weighted by Gasteiger charge is 2.29. The van der Waals surface area contributed by atoms with Crippen LogP contribution in [0.25, 0.3) is 11.3 Å². The maximum atomic E-state index is 10.1. The first-order chi connectivity index (χ1) is 13.6. The van der Waals surface area contributed by atoms with Gasteiger partial charge in [0.15, 0.2) is 5.82 Å². The van der Waals surface area contributed by atoms with Crippen molar-refractivity contribution in [1.82, 2.24) is 15.1 Å². The second-order valence-corrected chi connectivity index (χ2v) is 7.73. The van der Waals surface area contributed by atoms with Crippen LogP contribution >= 0.6 is 0 Å². The molecule has 1 aromatic carbocycles. The second kappa shape index (κ2) is 8.32. The molecule has 7 heteroatoms. The normalized spacial score (nSPS) is 20.2. The number of piperidine rings is 1. The summed E-state index contributed by atoms with van der Waals surface area (Å²) in [6.07, 6.45) is 2.26. The van der Waals surface area contributed by atoms with E-state index < -0.39 is 0 Å². The summed E-state index contributed by atoms with van der Waals surface area (Å²) in [5.41, 5.74) is 8.37. The molecule has 0 saturated carbocycles. The highest BCUT2D eigenvalue weighted by Crippen LogP contribution is 2.34. The van der Waals surface area contributed by atoms with E-state index in [-0.39, 0.29) is 5.75 Å². The van der Waals surface area contributed by atoms with Crippen molar-refractivity contribution >= 4 is 11.5 Å². The minimum Gasteiger partial charge on any atom is -0.507 e. The number of nitrogens with zero attached hydrogens (tertiary/aromatic N) is 4. The summed E-state index contributed by atoms with van der Waals surface area (Å²) in [5.74, 6) is 1.33. The Bertz CT molecular complexity index is 801. The molecule has 2 aliphatic rings. The van der Waals surface area contributed by atoms with Crippen molar-refractivity contribution < 1.29 is 9.84 Å². The third-order valence-corrected chi connectivity index (χ3v) is 6.17. The highest BCUT2D eigenvalue weighted by atomic mass is 16.5. The van der Waals surface area contributed by atoms with Crippen LogP contribution in [0.5, 0.6) is 5.75 Å². The zero-order valence-corrected chi connectivity index (χ0v) is 16.4. The van der Waals surface area contributed by atoms with Crippen molar-refractivity contribution in [2.75, 3.05) is 50.0 Å². The van der Waals surface area contributed by atoms with E-state index in [1.165, 1.54) is 0 Å². The van der Waals surface area contributed by atoms with Crippen LogP contribution in [0.4, 0.5) is 11.5 Å². The molecule has 4 rings (SSSR count). The fourth-order valence-corrected chi connectivity index (χ4v) is 4.37. The zero-order valence-electron chi connectivity index (χ0n) is 16.4. The van der Waals surface area contributed by atoms with E-state index in [4.69, 9.17) is 10.5 Å². The number of hydrogen-bond acceptors (Lipinski definition) is 7. The SMILES string of the molecule is CC(C1CCN(c2cc(-c3ccccc3O)nnc2N)CC1)N1CCOCC1. The van der Waals surface area contributed by atoms with Gasteiger partial charge in [-0.2, -0.15) is 0 Å². The quantitative estimate of drug-likeness (QED) is 0.838.